The molecule has 3 aliphatic heterocycles. The molecule has 220 valence electrons. The Balaban J connectivity index is 1.03. The number of ether oxygens (including phenoxy) is 4. The molecule has 0 bridgehead atoms. The van der Waals surface area contributed by atoms with E-state index in [1.54, 1.807) is 12.1 Å². The summed E-state index contributed by atoms with van der Waals surface area (Å²) in [4.78, 5) is 74.5. The predicted octanol–water partition coefficient (Wildman–Crippen LogP) is -0.509. The summed E-state index contributed by atoms with van der Waals surface area (Å²) in [6.07, 6.45) is 2.63. The normalized spacial score (nSPS) is 18.5. The Morgan fingerprint density at radius 2 is 1.39 bits per heavy atom. The number of piperidine rings is 1. The summed E-state index contributed by atoms with van der Waals surface area (Å²) in [5.41, 5.74) is 0.872. The lowest BCUT2D eigenvalue weighted by Gasteiger charge is -2.27. The zero-order valence-corrected chi connectivity index (χ0v) is 22.4. The Hall–Kier alpha value is -3.98. The molecule has 1 saturated heterocycles. The van der Waals surface area contributed by atoms with E-state index in [-0.39, 0.29) is 48.9 Å². The highest BCUT2D eigenvalue weighted by atomic mass is 16.6. The van der Waals surface area contributed by atoms with Gasteiger partial charge in [0.2, 0.25) is 11.8 Å². The molecule has 1 fully saturated rings. The van der Waals surface area contributed by atoms with Crippen LogP contribution in [0, 0.1) is 0 Å². The summed E-state index contributed by atoms with van der Waals surface area (Å²) in [5, 5.41) is 5.29. The molecular formula is C27H32N4O10. The first-order valence-corrected chi connectivity index (χ1v) is 13.3. The second kappa shape index (κ2) is 14.6. The van der Waals surface area contributed by atoms with Gasteiger partial charge in [0.25, 0.3) is 23.6 Å². The SMILES string of the molecule is O=C1CCC(N2C(=O)c3cccc(NCCOCCOCCOCCOCCN4C(=O)C=CC4=O)c3C2=O)C(=O)N1. The average molecular weight is 573 g/mol. The lowest BCUT2D eigenvalue weighted by molar-refractivity contribution is -0.138. The Morgan fingerprint density at radius 3 is 2.02 bits per heavy atom. The monoisotopic (exact) mass is 572 g/mol. The van der Waals surface area contributed by atoms with Crippen LogP contribution in [0.1, 0.15) is 33.6 Å². The van der Waals surface area contributed by atoms with E-state index in [1.165, 1.54) is 18.2 Å². The highest BCUT2D eigenvalue weighted by molar-refractivity contribution is 6.25. The minimum Gasteiger partial charge on any atom is -0.382 e. The van der Waals surface area contributed by atoms with Crippen LogP contribution in [0.2, 0.25) is 0 Å². The first-order valence-electron chi connectivity index (χ1n) is 13.3. The molecule has 3 heterocycles. The third-order valence-electron chi connectivity index (χ3n) is 6.51. The molecule has 1 aromatic carbocycles. The molecule has 4 rings (SSSR count). The number of hydrogen-bond acceptors (Lipinski definition) is 11. The van der Waals surface area contributed by atoms with Crippen molar-refractivity contribution in [2.24, 2.45) is 0 Å². The van der Waals surface area contributed by atoms with E-state index in [1.807, 2.05) is 0 Å². The highest BCUT2D eigenvalue weighted by Gasteiger charge is 2.45. The van der Waals surface area contributed by atoms with Crippen molar-refractivity contribution in [2.45, 2.75) is 18.9 Å². The predicted molar refractivity (Wildman–Crippen MR) is 141 cm³/mol. The van der Waals surface area contributed by atoms with Crippen molar-refractivity contribution in [1.29, 1.82) is 0 Å². The number of rotatable bonds is 17. The zero-order valence-electron chi connectivity index (χ0n) is 22.4. The Bertz CT molecular complexity index is 1200. The standard InChI is InChI=1S/C27H32N4O10/c32-21-5-4-20(25(35)29-21)31-26(36)18-2-1-3-19(24(18)27(31)37)28-8-10-38-12-14-40-16-17-41-15-13-39-11-9-30-22(33)6-7-23(30)34/h1-3,6-7,20,28H,4-5,8-17H2,(H,29,32,35). The molecule has 1 aromatic rings. The van der Waals surface area contributed by atoms with Crippen LogP contribution in [0.15, 0.2) is 30.4 Å². The van der Waals surface area contributed by atoms with Crippen LogP contribution >= 0.6 is 0 Å². The van der Waals surface area contributed by atoms with Crippen molar-refractivity contribution in [1.82, 2.24) is 15.1 Å². The van der Waals surface area contributed by atoms with Gasteiger partial charge in [-0.3, -0.25) is 43.9 Å². The molecular weight excluding hydrogens is 540 g/mol. The number of anilines is 1. The number of hydrogen-bond donors (Lipinski definition) is 2. The molecule has 1 atom stereocenters. The summed E-state index contributed by atoms with van der Waals surface area (Å²) in [5.74, 6) is -2.87. The maximum absolute atomic E-state index is 13.1. The van der Waals surface area contributed by atoms with E-state index < -0.39 is 29.7 Å². The number of benzene rings is 1. The fraction of sp³-hybridized carbons (Fsp3) is 0.481. The van der Waals surface area contributed by atoms with Gasteiger partial charge >= 0.3 is 0 Å². The Labute approximate surface area is 235 Å². The minimum atomic E-state index is -1.02. The molecule has 14 heteroatoms. The van der Waals surface area contributed by atoms with Gasteiger partial charge in [0, 0.05) is 30.8 Å². The molecule has 41 heavy (non-hydrogen) atoms. The minimum absolute atomic E-state index is 0.0606. The van der Waals surface area contributed by atoms with Crippen molar-refractivity contribution < 1.29 is 47.7 Å². The van der Waals surface area contributed by atoms with Crippen molar-refractivity contribution >= 4 is 41.1 Å². The molecule has 0 saturated carbocycles. The van der Waals surface area contributed by atoms with Crippen LogP contribution in [0.3, 0.4) is 0 Å². The lowest BCUT2D eigenvalue weighted by atomic mass is 10.0. The van der Waals surface area contributed by atoms with Gasteiger partial charge in [-0.15, -0.1) is 0 Å². The maximum Gasteiger partial charge on any atom is 0.264 e. The number of nitrogens with one attached hydrogen (secondary N) is 2. The maximum atomic E-state index is 13.1. The zero-order chi connectivity index (χ0) is 29.2. The van der Waals surface area contributed by atoms with Crippen LogP contribution in [-0.4, -0.2) is 117 Å². The topological polar surface area (TPSA) is 170 Å². The fourth-order valence-corrected chi connectivity index (χ4v) is 4.49. The van der Waals surface area contributed by atoms with E-state index in [0.717, 1.165) is 9.80 Å². The summed E-state index contributed by atoms with van der Waals surface area (Å²) in [7, 11) is 0. The van der Waals surface area contributed by atoms with E-state index >= 15 is 0 Å². The average Bonchev–Trinajstić information content (AvgIpc) is 3.41. The molecule has 0 aliphatic carbocycles. The van der Waals surface area contributed by atoms with Crippen LogP contribution < -0.4 is 10.6 Å². The number of amides is 6. The van der Waals surface area contributed by atoms with Crippen molar-refractivity contribution in [3.8, 4) is 0 Å². The molecule has 0 spiro atoms. The van der Waals surface area contributed by atoms with Gasteiger partial charge in [-0.2, -0.15) is 0 Å². The van der Waals surface area contributed by atoms with E-state index in [4.69, 9.17) is 18.9 Å². The number of carbonyl (C=O) groups is 6. The summed E-state index contributed by atoms with van der Waals surface area (Å²) < 4.78 is 21.7. The molecule has 2 N–H and O–H groups in total. The van der Waals surface area contributed by atoms with Gasteiger partial charge < -0.3 is 24.3 Å². The van der Waals surface area contributed by atoms with Crippen LogP contribution in [0.25, 0.3) is 0 Å². The summed E-state index contributed by atoms with van der Waals surface area (Å²) in [6, 6.07) is 3.86. The second-order valence-electron chi connectivity index (χ2n) is 9.21. The highest BCUT2D eigenvalue weighted by Crippen LogP contribution is 2.32. The second-order valence-corrected chi connectivity index (χ2v) is 9.21. The number of imide groups is 3. The van der Waals surface area contributed by atoms with Crippen molar-refractivity contribution in [3.05, 3.63) is 41.5 Å². The molecule has 3 aliphatic rings. The van der Waals surface area contributed by atoms with Gasteiger partial charge in [0.1, 0.15) is 6.04 Å². The van der Waals surface area contributed by atoms with E-state index in [9.17, 15) is 28.8 Å². The van der Waals surface area contributed by atoms with Gasteiger partial charge in [-0.1, -0.05) is 6.07 Å². The third-order valence-corrected chi connectivity index (χ3v) is 6.51. The number of carbonyl (C=O) groups excluding carboxylic acids is 6. The summed E-state index contributed by atoms with van der Waals surface area (Å²) in [6.45, 7) is 3.29. The number of fused-ring (bicyclic) bond motifs is 1. The van der Waals surface area contributed by atoms with Crippen molar-refractivity contribution in [3.63, 3.8) is 0 Å². The largest absolute Gasteiger partial charge is 0.382 e. The molecule has 6 amide bonds. The van der Waals surface area contributed by atoms with Crippen LogP contribution in [0.4, 0.5) is 5.69 Å². The third kappa shape index (κ3) is 7.61. The van der Waals surface area contributed by atoms with Gasteiger partial charge in [-0.05, 0) is 18.6 Å². The Morgan fingerprint density at radius 1 is 0.780 bits per heavy atom. The molecule has 0 radical (unpaired) electrons. The quantitative estimate of drug-likeness (QED) is 0.182. The summed E-state index contributed by atoms with van der Waals surface area (Å²) >= 11 is 0. The van der Waals surface area contributed by atoms with Crippen molar-refractivity contribution in [2.75, 3.05) is 71.3 Å². The number of nitrogens with zero attached hydrogens (tertiary/aromatic N) is 2. The van der Waals surface area contributed by atoms with Gasteiger partial charge in [0.15, 0.2) is 0 Å². The Kier molecular flexibility index (Phi) is 10.7. The fourth-order valence-electron chi connectivity index (χ4n) is 4.49. The smallest absolute Gasteiger partial charge is 0.264 e. The first-order chi connectivity index (χ1) is 19.9. The van der Waals surface area contributed by atoms with Crippen LogP contribution in [-0.2, 0) is 38.1 Å². The van der Waals surface area contributed by atoms with Crippen LogP contribution in [0.5, 0.6) is 0 Å². The molecule has 14 nitrogen and oxygen atoms in total. The van der Waals surface area contributed by atoms with E-state index in [0.29, 0.717) is 58.5 Å². The van der Waals surface area contributed by atoms with Gasteiger partial charge in [0.05, 0.1) is 70.5 Å². The van der Waals surface area contributed by atoms with Gasteiger partial charge in [-0.25, -0.2) is 0 Å². The lowest BCUT2D eigenvalue weighted by Crippen LogP contribution is -2.54. The molecule has 0 aromatic heterocycles. The first kappa shape index (κ1) is 30.0. The van der Waals surface area contributed by atoms with E-state index in [2.05, 4.69) is 10.6 Å². The molecule has 1 unspecified atom stereocenters.